The number of Topliss-reactive ketones (excluding diaryl/α,β-unsaturated/α-hetero) is 1. The molecule has 4 rings (SSSR count). The highest BCUT2D eigenvalue weighted by molar-refractivity contribution is 5.86. The molecule has 0 saturated heterocycles. The fourth-order valence-corrected chi connectivity index (χ4v) is 3.92. The van der Waals surface area contributed by atoms with Crippen molar-refractivity contribution in [2.24, 2.45) is 5.92 Å². The molecule has 0 radical (unpaired) electrons. The Bertz CT molecular complexity index is 638. The maximum atomic E-state index is 11.9. The van der Waals surface area contributed by atoms with Crippen molar-refractivity contribution in [3.05, 3.63) is 70.8 Å². The summed E-state index contributed by atoms with van der Waals surface area (Å²) in [6.45, 7) is 1.74. The molecule has 2 aliphatic rings. The van der Waals surface area contributed by atoms with E-state index < -0.39 is 0 Å². The quantitative estimate of drug-likeness (QED) is 0.755. The number of benzene rings is 2. The molecule has 94 valence electrons. The van der Waals surface area contributed by atoms with Crippen LogP contribution in [0, 0.1) is 5.92 Å². The summed E-state index contributed by atoms with van der Waals surface area (Å²) in [5.74, 6) is 0.501. The molecule has 1 spiro atoms. The van der Waals surface area contributed by atoms with Crippen LogP contribution in [-0.2, 0) is 16.6 Å². The smallest absolute Gasteiger partial charge is 0.134 e. The van der Waals surface area contributed by atoms with Gasteiger partial charge in [0.2, 0.25) is 0 Å². The van der Waals surface area contributed by atoms with Gasteiger partial charge in [-0.2, -0.15) is 0 Å². The minimum absolute atomic E-state index is 0.0166. The lowest BCUT2D eigenvalue weighted by Crippen LogP contribution is -2.23. The number of ketones is 1. The number of carbonyl (C=O) groups is 1. The van der Waals surface area contributed by atoms with Gasteiger partial charge in [-0.3, -0.25) is 4.79 Å². The lowest BCUT2D eigenvalue weighted by molar-refractivity contribution is -0.118. The van der Waals surface area contributed by atoms with E-state index in [2.05, 4.69) is 48.5 Å². The van der Waals surface area contributed by atoms with Crippen molar-refractivity contribution in [1.29, 1.82) is 0 Å². The zero-order valence-corrected chi connectivity index (χ0v) is 11.0. The average Bonchev–Trinajstić information content (AvgIpc) is 3.16. The third kappa shape index (κ3) is 1.33. The number of hydrogen-bond donors (Lipinski definition) is 0. The molecule has 1 fully saturated rings. The van der Waals surface area contributed by atoms with Gasteiger partial charge in [0.1, 0.15) is 5.78 Å². The summed E-state index contributed by atoms with van der Waals surface area (Å²) in [7, 11) is 0. The van der Waals surface area contributed by atoms with Crippen LogP contribution >= 0.6 is 0 Å². The van der Waals surface area contributed by atoms with Crippen LogP contribution < -0.4 is 0 Å². The highest BCUT2D eigenvalue weighted by Gasteiger charge is 2.61. The third-order valence-electron chi connectivity index (χ3n) is 4.83. The van der Waals surface area contributed by atoms with Crippen molar-refractivity contribution >= 4 is 5.78 Å². The third-order valence-corrected chi connectivity index (χ3v) is 4.83. The second-order valence-corrected chi connectivity index (χ2v) is 5.83. The average molecular weight is 248 g/mol. The molecule has 0 amide bonds. The van der Waals surface area contributed by atoms with E-state index in [0.717, 1.165) is 12.8 Å². The number of fused-ring (bicyclic) bond motifs is 4. The van der Waals surface area contributed by atoms with Gasteiger partial charge >= 0.3 is 0 Å². The molecular weight excluding hydrogens is 232 g/mol. The Morgan fingerprint density at radius 1 is 1.00 bits per heavy atom. The van der Waals surface area contributed by atoms with Gasteiger partial charge in [-0.05, 0) is 42.0 Å². The van der Waals surface area contributed by atoms with Crippen LogP contribution in [0.4, 0.5) is 0 Å². The minimum Gasteiger partial charge on any atom is -0.300 e. The van der Waals surface area contributed by atoms with Crippen molar-refractivity contribution < 1.29 is 4.79 Å². The molecule has 1 heteroatoms. The van der Waals surface area contributed by atoms with Gasteiger partial charge in [0, 0.05) is 11.3 Å². The van der Waals surface area contributed by atoms with E-state index in [-0.39, 0.29) is 11.3 Å². The molecule has 0 bridgehead atoms. The van der Waals surface area contributed by atoms with Gasteiger partial charge in [-0.15, -0.1) is 0 Å². The molecule has 2 aliphatic carbocycles. The monoisotopic (exact) mass is 248 g/mol. The summed E-state index contributed by atoms with van der Waals surface area (Å²) in [5, 5.41) is 0. The summed E-state index contributed by atoms with van der Waals surface area (Å²) in [6.07, 6.45) is 1.98. The maximum Gasteiger partial charge on any atom is 0.134 e. The Morgan fingerprint density at radius 2 is 1.53 bits per heavy atom. The highest BCUT2D eigenvalue weighted by atomic mass is 16.1. The Labute approximate surface area is 113 Å². The van der Waals surface area contributed by atoms with Crippen molar-refractivity contribution in [3.63, 3.8) is 0 Å². The molecule has 2 aromatic rings. The Morgan fingerprint density at radius 3 is 2.00 bits per heavy atom. The van der Waals surface area contributed by atoms with Crippen LogP contribution in [0.25, 0.3) is 0 Å². The van der Waals surface area contributed by atoms with Gasteiger partial charge < -0.3 is 0 Å². The molecule has 1 atom stereocenters. The molecule has 2 aromatic carbocycles. The minimum atomic E-state index is -0.0166. The van der Waals surface area contributed by atoms with Gasteiger partial charge in [0.05, 0.1) is 0 Å². The first-order chi connectivity index (χ1) is 9.23. The molecular formula is C18H16O. The topological polar surface area (TPSA) is 17.1 Å². The predicted molar refractivity (Wildman–Crippen MR) is 75.3 cm³/mol. The molecule has 0 heterocycles. The van der Waals surface area contributed by atoms with Gasteiger partial charge in [0.25, 0.3) is 0 Å². The second-order valence-electron chi connectivity index (χ2n) is 5.83. The molecule has 0 unspecified atom stereocenters. The maximum absolute atomic E-state index is 11.9. The molecule has 0 aliphatic heterocycles. The van der Waals surface area contributed by atoms with Crippen molar-refractivity contribution in [2.45, 2.75) is 25.2 Å². The summed E-state index contributed by atoms with van der Waals surface area (Å²) in [5.41, 5.74) is 5.54. The van der Waals surface area contributed by atoms with Crippen LogP contribution in [0.2, 0.25) is 0 Å². The Hall–Kier alpha value is -1.89. The summed E-state index contributed by atoms with van der Waals surface area (Å²) < 4.78 is 0. The van der Waals surface area contributed by atoms with E-state index in [1.165, 1.54) is 22.3 Å². The van der Waals surface area contributed by atoms with Crippen LogP contribution in [0.5, 0.6) is 0 Å². The van der Waals surface area contributed by atoms with E-state index >= 15 is 0 Å². The van der Waals surface area contributed by atoms with E-state index in [0.29, 0.717) is 5.78 Å². The molecule has 0 aromatic heterocycles. The van der Waals surface area contributed by atoms with Gasteiger partial charge in [0.15, 0.2) is 0 Å². The first kappa shape index (κ1) is 11.0. The predicted octanol–water partition coefficient (Wildman–Crippen LogP) is 3.49. The van der Waals surface area contributed by atoms with Crippen LogP contribution in [0.15, 0.2) is 48.5 Å². The number of rotatable bonds is 1. The second kappa shape index (κ2) is 3.57. The standard InChI is InChI=1S/C18H16O/c1-12(19)17-11-18(17)15-8-4-2-6-13(15)10-14-7-3-5-9-16(14)18/h2-9,17H,10-11H2,1H3/t17-/m1/s1. The van der Waals surface area contributed by atoms with E-state index in [1.807, 2.05) is 0 Å². The van der Waals surface area contributed by atoms with Crippen LogP contribution in [-0.4, -0.2) is 5.78 Å². The molecule has 0 N–H and O–H groups in total. The first-order valence-electron chi connectivity index (χ1n) is 6.91. The Kier molecular flexibility index (Phi) is 2.06. The van der Waals surface area contributed by atoms with Crippen LogP contribution in [0.3, 0.4) is 0 Å². The van der Waals surface area contributed by atoms with E-state index in [1.54, 1.807) is 6.92 Å². The fourth-order valence-electron chi connectivity index (χ4n) is 3.92. The number of hydrogen-bond acceptors (Lipinski definition) is 1. The normalized spacial score (nSPS) is 21.6. The van der Waals surface area contributed by atoms with Gasteiger partial charge in [-0.25, -0.2) is 0 Å². The lowest BCUT2D eigenvalue weighted by Gasteiger charge is -2.29. The Balaban J connectivity index is 1.98. The molecule has 19 heavy (non-hydrogen) atoms. The summed E-state index contributed by atoms with van der Waals surface area (Å²) in [6, 6.07) is 17.3. The largest absolute Gasteiger partial charge is 0.300 e. The lowest BCUT2D eigenvalue weighted by atomic mass is 9.74. The first-order valence-corrected chi connectivity index (χ1v) is 6.91. The van der Waals surface area contributed by atoms with Crippen molar-refractivity contribution in [2.75, 3.05) is 0 Å². The van der Waals surface area contributed by atoms with Crippen LogP contribution in [0.1, 0.15) is 35.6 Å². The van der Waals surface area contributed by atoms with E-state index in [4.69, 9.17) is 0 Å². The SMILES string of the molecule is CC(=O)[C@H]1CC12c1ccccc1Cc1ccccc12. The fraction of sp³-hybridized carbons (Fsp3) is 0.278. The van der Waals surface area contributed by atoms with Crippen molar-refractivity contribution in [1.82, 2.24) is 0 Å². The van der Waals surface area contributed by atoms with Crippen molar-refractivity contribution in [3.8, 4) is 0 Å². The highest BCUT2D eigenvalue weighted by Crippen LogP contribution is 2.62. The molecule has 1 saturated carbocycles. The summed E-state index contributed by atoms with van der Waals surface area (Å²) in [4.78, 5) is 11.9. The van der Waals surface area contributed by atoms with E-state index in [9.17, 15) is 4.79 Å². The molecule has 1 nitrogen and oxygen atoms in total. The summed E-state index contributed by atoms with van der Waals surface area (Å²) >= 11 is 0. The zero-order chi connectivity index (χ0) is 13.0. The van der Waals surface area contributed by atoms with Gasteiger partial charge in [-0.1, -0.05) is 48.5 Å². The zero-order valence-electron chi connectivity index (χ0n) is 11.0. The number of carbonyl (C=O) groups excluding carboxylic acids is 1.